The Morgan fingerprint density at radius 3 is 2.57 bits per heavy atom. The monoisotopic (exact) mass is 201 g/mol. The number of aliphatic hydroxyl groups is 1. The highest BCUT2D eigenvalue weighted by Gasteiger charge is 2.28. The van der Waals surface area contributed by atoms with Gasteiger partial charge in [0.05, 0.1) is 0 Å². The normalized spacial score (nSPS) is 23.4. The molecule has 0 bridgehead atoms. The van der Waals surface area contributed by atoms with Gasteiger partial charge in [-0.05, 0) is 40.0 Å². The summed E-state index contributed by atoms with van der Waals surface area (Å²) in [5.41, 5.74) is -0.492. The summed E-state index contributed by atoms with van der Waals surface area (Å²) in [6.07, 6.45) is 1.49. The van der Waals surface area contributed by atoms with Gasteiger partial charge in [0.15, 0.2) is 0 Å². The number of hydrogen-bond acceptors (Lipinski definition) is 3. The molecule has 1 aliphatic rings. The summed E-state index contributed by atoms with van der Waals surface area (Å²) in [6, 6.07) is 0. The number of aliphatic hydroxyl groups excluding tert-OH is 1. The SMILES string of the molecule is CC(C)(C)OC(=O)N1CCCCC1O. The van der Waals surface area contributed by atoms with Gasteiger partial charge in [0.1, 0.15) is 11.8 Å². The van der Waals surface area contributed by atoms with Gasteiger partial charge in [0.2, 0.25) is 0 Å². The molecule has 4 nitrogen and oxygen atoms in total. The molecule has 1 heterocycles. The van der Waals surface area contributed by atoms with Gasteiger partial charge in [0.25, 0.3) is 0 Å². The van der Waals surface area contributed by atoms with Gasteiger partial charge in [-0.2, -0.15) is 0 Å². The smallest absolute Gasteiger partial charge is 0.412 e. The Bertz CT molecular complexity index is 210. The van der Waals surface area contributed by atoms with Crippen molar-refractivity contribution < 1.29 is 14.6 Å². The lowest BCUT2D eigenvalue weighted by molar-refractivity contribution is -0.0450. The van der Waals surface area contributed by atoms with Crippen molar-refractivity contribution in [3.63, 3.8) is 0 Å². The second-order valence-corrected chi connectivity index (χ2v) is 4.65. The standard InChI is InChI=1S/C10H19NO3/c1-10(2,3)14-9(13)11-7-5-4-6-8(11)12/h8,12H,4-7H2,1-3H3. The molecule has 1 atom stereocenters. The maximum atomic E-state index is 11.6. The molecule has 1 amide bonds. The Morgan fingerprint density at radius 2 is 2.07 bits per heavy atom. The zero-order valence-corrected chi connectivity index (χ0v) is 9.12. The van der Waals surface area contributed by atoms with Crippen LogP contribution in [0.25, 0.3) is 0 Å². The highest BCUT2D eigenvalue weighted by Crippen LogP contribution is 2.18. The number of carbonyl (C=O) groups is 1. The summed E-state index contributed by atoms with van der Waals surface area (Å²) in [5.74, 6) is 0. The van der Waals surface area contributed by atoms with Crippen LogP contribution >= 0.6 is 0 Å². The van der Waals surface area contributed by atoms with E-state index in [-0.39, 0.29) is 0 Å². The second kappa shape index (κ2) is 4.17. The number of rotatable bonds is 0. The number of hydrogen-bond donors (Lipinski definition) is 1. The Kier molecular flexibility index (Phi) is 3.37. The van der Waals surface area contributed by atoms with Gasteiger partial charge >= 0.3 is 6.09 Å². The van der Waals surface area contributed by atoms with Crippen molar-refractivity contribution in [2.75, 3.05) is 6.54 Å². The zero-order chi connectivity index (χ0) is 10.8. The number of piperidine rings is 1. The number of likely N-dealkylation sites (tertiary alicyclic amines) is 1. The Hall–Kier alpha value is -0.770. The third-order valence-corrected chi connectivity index (χ3v) is 2.10. The third-order valence-electron chi connectivity index (χ3n) is 2.10. The summed E-state index contributed by atoms with van der Waals surface area (Å²) >= 11 is 0. The topological polar surface area (TPSA) is 49.8 Å². The first-order valence-electron chi connectivity index (χ1n) is 5.08. The molecule has 1 rings (SSSR count). The van der Waals surface area contributed by atoms with E-state index < -0.39 is 17.9 Å². The van der Waals surface area contributed by atoms with Crippen LogP contribution < -0.4 is 0 Å². The number of carbonyl (C=O) groups excluding carboxylic acids is 1. The lowest BCUT2D eigenvalue weighted by Gasteiger charge is -2.33. The van der Waals surface area contributed by atoms with Crippen LogP contribution in [0.15, 0.2) is 0 Å². The van der Waals surface area contributed by atoms with Crippen LogP contribution in [-0.2, 0) is 4.74 Å². The molecule has 0 radical (unpaired) electrons. The summed E-state index contributed by atoms with van der Waals surface area (Å²) in [4.78, 5) is 13.0. The molecule has 4 heteroatoms. The number of ether oxygens (including phenoxy) is 1. The first-order chi connectivity index (χ1) is 6.40. The van der Waals surface area contributed by atoms with Crippen molar-refractivity contribution in [3.8, 4) is 0 Å². The molecule has 0 aromatic rings. The van der Waals surface area contributed by atoms with Crippen molar-refractivity contribution in [1.29, 1.82) is 0 Å². The maximum Gasteiger partial charge on any atom is 0.412 e. The minimum Gasteiger partial charge on any atom is -0.444 e. The first-order valence-corrected chi connectivity index (χ1v) is 5.08. The van der Waals surface area contributed by atoms with Gasteiger partial charge in [-0.1, -0.05) is 0 Å². The molecule has 1 fully saturated rings. The van der Waals surface area contributed by atoms with E-state index >= 15 is 0 Å². The molecule has 1 unspecified atom stereocenters. The van der Waals surface area contributed by atoms with E-state index in [0.717, 1.165) is 12.8 Å². The first kappa shape index (κ1) is 11.3. The summed E-state index contributed by atoms with van der Waals surface area (Å²) in [6.45, 7) is 6.06. The molecule has 0 aromatic carbocycles. The van der Waals surface area contributed by atoms with Crippen LogP contribution in [0.1, 0.15) is 40.0 Å². The molecule has 82 valence electrons. The molecule has 0 spiro atoms. The van der Waals surface area contributed by atoms with Gasteiger partial charge in [-0.25, -0.2) is 4.79 Å². The van der Waals surface area contributed by atoms with Gasteiger partial charge < -0.3 is 9.84 Å². The molecule has 1 aliphatic heterocycles. The Labute approximate surface area is 84.8 Å². The lowest BCUT2D eigenvalue weighted by Crippen LogP contribution is -2.46. The molecule has 1 N–H and O–H groups in total. The number of nitrogens with zero attached hydrogens (tertiary/aromatic N) is 1. The highest BCUT2D eigenvalue weighted by atomic mass is 16.6. The predicted molar refractivity (Wildman–Crippen MR) is 52.8 cm³/mol. The van der Waals surface area contributed by atoms with Crippen LogP contribution in [-0.4, -0.2) is 34.5 Å². The minimum atomic E-state index is -0.668. The van der Waals surface area contributed by atoms with Crippen LogP contribution in [0.4, 0.5) is 4.79 Å². The van der Waals surface area contributed by atoms with Gasteiger partial charge in [0, 0.05) is 6.54 Å². The van der Waals surface area contributed by atoms with Crippen molar-refractivity contribution in [1.82, 2.24) is 4.90 Å². The van der Waals surface area contributed by atoms with E-state index in [2.05, 4.69) is 0 Å². The minimum absolute atomic E-state index is 0.412. The fraction of sp³-hybridized carbons (Fsp3) is 0.900. The van der Waals surface area contributed by atoms with Crippen LogP contribution in [0.5, 0.6) is 0 Å². The number of amides is 1. The van der Waals surface area contributed by atoms with E-state index in [1.807, 2.05) is 20.8 Å². The van der Waals surface area contributed by atoms with Crippen LogP contribution in [0.3, 0.4) is 0 Å². The van der Waals surface area contributed by atoms with E-state index in [4.69, 9.17) is 4.74 Å². The third kappa shape index (κ3) is 3.18. The van der Waals surface area contributed by atoms with E-state index in [9.17, 15) is 9.90 Å². The van der Waals surface area contributed by atoms with Gasteiger partial charge in [-0.3, -0.25) is 4.90 Å². The van der Waals surface area contributed by atoms with E-state index in [0.29, 0.717) is 13.0 Å². The molecular weight excluding hydrogens is 182 g/mol. The quantitative estimate of drug-likeness (QED) is 0.649. The van der Waals surface area contributed by atoms with Crippen LogP contribution in [0, 0.1) is 0 Å². The average Bonchev–Trinajstić information content (AvgIpc) is 2.01. The molecule has 14 heavy (non-hydrogen) atoms. The zero-order valence-electron chi connectivity index (χ0n) is 9.12. The maximum absolute atomic E-state index is 11.6. The molecule has 0 saturated carbocycles. The summed E-state index contributed by atoms with van der Waals surface area (Å²) in [7, 11) is 0. The van der Waals surface area contributed by atoms with Crippen LogP contribution in [0.2, 0.25) is 0 Å². The van der Waals surface area contributed by atoms with E-state index in [1.54, 1.807) is 0 Å². The second-order valence-electron chi connectivity index (χ2n) is 4.65. The van der Waals surface area contributed by atoms with Gasteiger partial charge in [-0.15, -0.1) is 0 Å². The Balaban J connectivity index is 2.50. The highest BCUT2D eigenvalue weighted by molar-refractivity contribution is 5.68. The fourth-order valence-electron chi connectivity index (χ4n) is 1.45. The van der Waals surface area contributed by atoms with Crippen molar-refractivity contribution in [2.45, 2.75) is 51.9 Å². The molecule has 0 aromatic heterocycles. The van der Waals surface area contributed by atoms with Crippen molar-refractivity contribution in [3.05, 3.63) is 0 Å². The largest absolute Gasteiger partial charge is 0.444 e. The molecule has 0 aliphatic carbocycles. The fourth-order valence-corrected chi connectivity index (χ4v) is 1.45. The molecular formula is C10H19NO3. The summed E-state index contributed by atoms with van der Waals surface area (Å²) in [5, 5.41) is 9.56. The average molecular weight is 201 g/mol. The van der Waals surface area contributed by atoms with E-state index in [1.165, 1.54) is 4.90 Å². The Morgan fingerprint density at radius 1 is 1.43 bits per heavy atom. The molecule has 1 saturated heterocycles. The van der Waals surface area contributed by atoms with Crippen molar-refractivity contribution >= 4 is 6.09 Å². The summed E-state index contributed by atoms with van der Waals surface area (Å²) < 4.78 is 5.17. The van der Waals surface area contributed by atoms with Crippen molar-refractivity contribution in [2.24, 2.45) is 0 Å². The predicted octanol–water partition coefficient (Wildman–Crippen LogP) is 1.73. The lowest BCUT2D eigenvalue weighted by atomic mass is 10.1.